The molecule has 0 radical (unpaired) electrons. The van der Waals surface area contributed by atoms with Gasteiger partial charge in [0.15, 0.2) is 4.77 Å². The standard InChI is InChI=1S/C16H15FN2OS/c1-2-10-20-14-9-5-8-13-15(14)18-16(21)19(13)12-7-4-3-6-11(12)17/h3-9H,2,10H2,1H3,(H,18,21). The van der Waals surface area contributed by atoms with Gasteiger partial charge in [-0.25, -0.2) is 4.39 Å². The van der Waals surface area contributed by atoms with E-state index < -0.39 is 0 Å². The molecular weight excluding hydrogens is 287 g/mol. The third-order valence-electron chi connectivity index (χ3n) is 3.24. The predicted molar refractivity (Wildman–Crippen MR) is 84.2 cm³/mol. The van der Waals surface area contributed by atoms with E-state index in [-0.39, 0.29) is 5.82 Å². The zero-order chi connectivity index (χ0) is 14.8. The van der Waals surface area contributed by atoms with E-state index >= 15 is 0 Å². The van der Waals surface area contributed by atoms with Crippen molar-refractivity contribution in [2.45, 2.75) is 13.3 Å². The highest BCUT2D eigenvalue weighted by Crippen LogP contribution is 2.28. The van der Waals surface area contributed by atoms with Crippen molar-refractivity contribution < 1.29 is 9.13 Å². The minimum atomic E-state index is -0.311. The Labute approximate surface area is 127 Å². The van der Waals surface area contributed by atoms with Gasteiger partial charge in [0.25, 0.3) is 0 Å². The summed E-state index contributed by atoms with van der Waals surface area (Å²) in [4.78, 5) is 3.12. The minimum absolute atomic E-state index is 0.311. The first kappa shape index (κ1) is 13.8. The quantitative estimate of drug-likeness (QED) is 0.713. The number of rotatable bonds is 4. The highest BCUT2D eigenvalue weighted by Gasteiger charge is 2.13. The van der Waals surface area contributed by atoms with Crippen LogP contribution in [0.15, 0.2) is 42.5 Å². The maximum Gasteiger partial charge on any atom is 0.182 e. The van der Waals surface area contributed by atoms with Gasteiger partial charge in [0.2, 0.25) is 0 Å². The van der Waals surface area contributed by atoms with E-state index in [0.29, 0.717) is 17.1 Å². The van der Waals surface area contributed by atoms with E-state index in [1.54, 1.807) is 22.8 Å². The first-order valence-electron chi connectivity index (χ1n) is 6.84. The second-order valence-electron chi connectivity index (χ2n) is 4.72. The molecule has 0 spiro atoms. The minimum Gasteiger partial charge on any atom is -0.491 e. The molecule has 5 heteroatoms. The summed E-state index contributed by atoms with van der Waals surface area (Å²) in [5.74, 6) is 0.421. The molecule has 1 heterocycles. The Hall–Kier alpha value is -2.14. The molecule has 0 unspecified atom stereocenters. The first-order chi connectivity index (χ1) is 10.2. The number of aromatic amines is 1. The molecule has 0 atom stereocenters. The number of nitrogens with one attached hydrogen (secondary N) is 1. The zero-order valence-electron chi connectivity index (χ0n) is 11.6. The number of aromatic nitrogens is 2. The SMILES string of the molecule is CCCOc1cccc2c1[nH]c(=S)n2-c1ccccc1F. The molecule has 3 nitrogen and oxygen atoms in total. The molecule has 2 aromatic carbocycles. The third kappa shape index (κ3) is 2.45. The normalized spacial score (nSPS) is 11.0. The summed E-state index contributed by atoms with van der Waals surface area (Å²) >= 11 is 5.35. The Balaban J connectivity index is 2.23. The highest BCUT2D eigenvalue weighted by atomic mass is 32.1. The molecule has 0 bridgehead atoms. The van der Waals surface area contributed by atoms with Gasteiger partial charge in [-0.15, -0.1) is 0 Å². The van der Waals surface area contributed by atoms with Crippen molar-refractivity contribution >= 4 is 23.3 Å². The number of H-pyrrole nitrogens is 1. The molecular formula is C16H15FN2OS. The van der Waals surface area contributed by atoms with Crippen molar-refractivity contribution in [1.82, 2.24) is 9.55 Å². The number of para-hydroxylation sites is 2. The van der Waals surface area contributed by atoms with Crippen LogP contribution in [0.1, 0.15) is 13.3 Å². The van der Waals surface area contributed by atoms with E-state index in [4.69, 9.17) is 17.0 Å². The van der Waals surface area contributed by atoms with Crippen LogP contribution in [0.4, 0.5) is 4.39 Å². The van der Waals surface area contributed by atoms with Crippen LogP contribution in [0.2, 0.25) is 0 Å². The number of imidazole rings is 1. The molecule has 3 aromatic rings. The molecule has 21 heavy (non-hydrogen) atoms. The molecule has 0 aliphatic rings. The van der Waals surface area contributed by atoms with Crippen LogP contribution >= 0.6 is 12.2 Å². The van der Waals surface area contributed by atoms with Gasteiger partial charge in [-0.1, -0.05) is 25.1 Å². The van der Waals surface area contributed by atoms with Crippen molar-refractivity contribution in [3.8, 4) is 11.4 Å². The third-order valence-corrected chi connectivity index (χ3v) is 3.52. The van der Waals surface area contributed by atoms with Gasteiger partial charge in [0, 0.05) is 0 Å². The Morgan fingerprint density at radius 3 is 2.76 bits per heavy atom. The lowest BCUT2D eigenvalue weighted by Gasteiger charge is -2.07. The molecule has 0 saturated heterocycles. The Bertz CT molecular complexity index is 838. The molecule has 108 valence electrons. The first-order valence-corrected chi connectivity index (χ1v) is 7.24. The molecule has 0 amide bonds. The number of ether oxygens (including phenoxy) is 1. The van der Waals surface area contributed by atoms with Crippen LogP contribution < -0.4 is 4.74 Å². The molecule has 3 rings (SSSR count). The van der Waals surface area contributed by atoms with Crippen LogP contribution in [0.25, 0.3) is 16.7 Å². The van der Waals surface area contributed by atoms with Crippen molar-refractivity contribution in [1.29, 1.82) is 0 Å². The molecule has 0 saturated carbocycles. The fourth-order valence-electron chi connectivity index (χ4n) is 2.31. The number of fused-ring (bicyclic) bond motifs is 1. The zero-order valence-corrected chi connectivity index (χ0v) is 12.4. The number of hydrogen-bond donors (Lipinski definition) is 1. The van der Waals surface area contributed by atoms with Crippen molar-refractivity contribution in [2.24, 2.45) is 0 Å². The number of hydrogen-bond acceptors (Lipinski definition) is 2. The summed E-state index contributed by atoms with van der Waals surface area (Å²) in [5.41, 5.74) is 2.03. The number of halogens is 1. The maximum atomic E-state index is 14.1. The predicted octanol–water partition coefficient (Wildman–Crippen LogP) is 4.62. The van der Waals surface area contributed by atoms with E-state index in [2.05, 4.69) is 4.98 Å². The second-order valence-corrected chi connectivity index (χ2v) is 5.10. The van der Waals surface area contributed by atoms with E-state index in [0.717, 1.165) is 23.2 Å². The van der Waals surface area contributed by atoms with Gasteiger partial charge in [0.05, 0.1) is 17.8 Å². The average Bonchev–Trinajstić information content (AvgIpc) is 2.82. The van der Waals surface area contributed by atoms with Crippen molar-refractivity contribution in [3.05, 3.63) is 53.1 Å². The average molecular weight is 302 g/mol. The van der Waals surface area contributed by atoms with Gasteiger partial charge >= 0.3 is 0 Å². The van der Waals surface area contributed by atoms with Gasteiger partial charge in [0.1, 0.15) is 17.1 Å². The maximum absolute atomic E-state index is 14.1. The smallest absolute Gasteiger partial charge is 0.182 e. The van der Waals surface area contributed by atoms with Gasteiger partial charge in [-0.05, 0) is 42.9 Å². The molecule has 0 aliphatic carbocycles. The number of nitrogens with zero attached hydrogens (tertiary/aromatic N) is 1. The Kier molecular flexibility index (Phi) is 3.75. The van der Waals surface area contributed by atoms with E-state index in [1.165, 1.54) is 6.07 Å². The van der Waals surface area contributed by atoms with Crippen LogP contribution in [-0.4, -0.2) is 16.2 Å². The summed E-state index contributed by atoms with van der Waals surface area (Å²) in [6, 6.07) is 12.2. The van der Waals surface area contributed by atoms with Gasteiger partial charge in [-0.3, -0.25) is 4.57 Å². The largest absolute Gasteiger partial charge is 0.491 e. The highest BCUT2D eigenvalue weighted by molar-refractivity contribution is 7.71. The lowest BCUT2D eigenvalue weighted by atomic mass is 10.2. The van der Waals surface area contributed by atoms with Crippen molar-refractivity contribution in [3.63, 3.8) is 0 Å². The monoisotopic (exact) mass is 302 g/mol. The fourth-order valence-corrected chi connectivity index (χ4v) is 2.61. The Morgan fingerprint density at radius 1 is 1.19 bits per heavy atom. The van der Waals surface area contributed by atoms with E-state index in [9.17, 15) is 4.39 Å². The summed E-state index contributed by atoms with van der Waals surface area (Å²) in [7, 11) is 0. The second kappa shape index (κ2) is 5.69. The summed E-state index contributed by atoms with van der Waals surface area (Å²) in [6.07, 6.45) is 0.922. The molecule has 1 aromatic heterocycles. The fraction of sp³-hybridized carbons (Fsp3) is 0.188. The van der Waals surface area contributed by atoms with Crippen LogP contribution in [0.5, 0.6) is 5.75 Å². The van der Waals surface area contributed by atoms with Crippen LogP contribution in [0.3, 0.4) is 0 Å². The Morgan fingerprint density at radius 2 is 2.00 bits per heavy atom. The lowest BCUT2D eigenvalue weighted by Crippen LogP contribution is -1.98. The molecule has 1 N–H and O–H groups in total. The van der Waals surface area contributed by atoms with Crippen LogP contribution in [0, 0.1) is 10.6 Å². The van der Waals surface area contributed by atoms with Gasteiger partial charge < -0.3 is 9.72 Å². The lowest BCUT2D eigenvalue weighted by molar-refractivity contribution is 0.320. The summed E-state index contributed by atoms with van der Waals surface area (Å²) in [6.45, 7) is 2.68. The molecule has 0 fully saturated rings. The topological polar surface area (TPSA) is 29.9 Å². The van der Waals surface area contributed by atoms with Crippen LogP contribution in [-0.2, 0) is 0 Å². The summed E-state index contributed by atoms with van der Waals surface area (Å²) < 4.78 is 21.9. The van der Waals surface area contributed by atoms with E-state index in [1.807, 2.05) is 25.1 Å². The van der Waals surface area contributed by atoms with Gasteiger partial charge in [-0.2, -0.15) is 0 Å². The van der Waals surface area contributed by atoms with Crippen molar-refractivity contribution in [2.75, 3.05) is 6.61 Å². The molecule has 0 aliphatic heterocycles. The number of benzene rings is 2. The summed E-state index contributed by atoms with van der Waals surface area (Å²) in [5, 5.41) is 0.